The third-order valence-corrected chi connectivity index (χ3v) is 8.39. The molecule has 228 valence electrons. The topological polar surface area (TPSA) is 26.3 Å². The molecule has 38 heavy (non-hydrogen) atoms. The summed E-state index contributed by atoms with van der Waals surface area (Å²) in [5.41, 5.74) is 0. The molecular formula is C36H72O2. The quantitative estimate of drug-likeness (QED) is 0.0631. The van der Waals surface area contributed by atoms with Crippen molar-refractivity contribution in [3.8, 4) is 0 Å². The molecule has 0 fully saturated rings. The molecule has 0 aromatic heterocycles. The van der Waals surface area contributed by atoms with Crippen molar-refractivity contribution in [1.82, 2.24) is 0 Å². The van der Waals surface area contributed by atoms with Gasteiger partial charge in [-0.15, -0.1) is 0 Å². The number of ether oxygens (including phenoxy) is 1. The smallest absolute Gasteiger partial charge is 0.308 e. The van der Waals surface area contributed by atoms with Gasteiger partial charge in [0.25, 0.3) is 0 Å². The molecule has 0 amide bonds. The molecule has 2 nitrogen and oxygen atoms in total. The average Bonchev–Trinajstić information content (AvgIpc) is 2.92. The van der Waals surface area contributed by atoms with Crippen LogP contribution >= 0.6 is 0 Å². The molecular weight excluding hydrogens is 464 g/mol. The predicted molar refractivity (Wildman–Crippen MR) is 170 cm³/mol. The minimum Gasteiger partial charge on any atom is -0.465 e. The Morgan fingerprint density at radius 1 is 0.395 bits per heavy atom. The number of hydrogen-bond donors (Lipinski definition) is 0. The van der Waals surface area contributed by atoms with Gasteiger partial charge in [-0.2, -0.15) is 0 Å². The van der Waals surface area contributed by atoms with E-state index >= 15 is 0 Å². The van der Waals surface area contributed by atoms with Crippen molar-refractivity contribution < 1.29 is 9.53 Å². The van der Waals surface area contributed by atoms with Crippen LogP contribution < -0.4 is 0 Å². The van der Waals surface area contributed by atoms with E-state index in [2.05, 4.69) is 20.8 Å². The molecule has 0 saturated carbocycles. The Morgan fingerprint density at radius 2 is 0.658 bits per heavy atom. The van der Waals surface area contributed by atoms with Crippen LogP contribution in [-0.4, -0.2) is 12.6 Å². The van der Waals surface area contributed by atoms with Crippen LogP contribution in [0.5, 0.6) is 0 Å². The molecule has 0 radical (unpaired) electrons. The normalized spacial score (nSPS) is 12.2. The molecule has 0 aliphatic carbocycles. The summed E-state index contributed by atoms with van der Waals surface area (Å²) in [7, 11) is 0. The first-order valence-corrected chi connectivity index (χ1v) is 17.9. The largest absolute Gasteiger partial charge is 0.465 e. The Balaban J connectivity index is 3.91. The van der Waals surface area contributed by atoms with Gasteiger partial charge in [-0.05, 0) is 19.3 Å². The highest BCUT2D eigenvalue weighted by molar-refractivity contribution is 5.72. The third-order valence-electron chi connectivity index (χ3n) is 8.39. The number of carbonyl (C=O) groups excluding carboxylic acids is 1. The average molecular weight is 537 g/mol. The summed E-state index contributed by atoms with van der Waals surface area (Å²) in [6, 6.07) is 0. The monoisotopic (exact) mass is 537 g/mol. The van der Waals surface area contributed by atoms with Crippen LogP contribution in [0.15, 0.2) is 0 Å². The first-order valence-electron chi connectivity index (χ1n) is 17.9. The molecule has 0 bridgehead atoms. The molecule has 0 rings (SSSR count). The summed E-state index contributed by atoms with van der Waals surface area (Å²) in [4.78, 5) is 12.8. The predicted octanol–water partition coefficient (Wildman–Crippen LogP) is 12.9. The lowest BCUT2D eigenvalue weighted by molar-refractivity contribution is -0.149. The van der Waals surface area contributed by atoms with Crippen LogP contribution in [0.4, 0.5) is 0 Å². The van der Waals surface area contributed by atoms with Crippen LogP contribution in [-0.2, 0) is 9.53 Å². The number of unbranched alkanes of at least 4 members (excludes halogenated alkanes) is 25. The van der Waals surface area contributed by atoms with Gasteiger partial charge in [0, 0.05) is 0 Å². The zero-order valence-electron chi connectivity index (χ0n) is 26.8. The molecule has 2 heteroatoms. The fourth-order valence-corrected chi connectivity index (χ4v) is 5.66. The van der Waals surface area contributed by atoms with Crippen LogP contribution in [0.3, 0.4) is 0 Å². The van der Waals surface area contributed by atoms with Crippen molar-refractivity contribution in [2.24, 2.45) is 5.92 Å². The maximum Gasteiger partial charge on any atom is 0.308 e. The van der Waals surface area contributed by atoms with Gasteiger partial charge < -0.3 is 4.74 Å². The Labute approximate surface area is 241 Å². The highest BCUT2D eigenvalue weighted by atomic mass is 16.5. The maximum atomic E-state index is 12.8. The fraction of sp³-hybridized carbons (Fsp3) is 0.972. The van der Waals surface area contributed by atoms with E-state index in [1.165, 1.54) is 173 Å². The first kappa shape index (κ1) is 37.5. The number of carbonyl (C=O) groups is 1. The van der Waals surface area contributed by atoms with E-state index in [-0.39, 0.29) is 11.9 Å². The SMILES string of the molecule is CCCCCCCCCCCCCCCCC(CCCCCCCCCCCC)C(=O)OCCCCCC. The van der Waals surface area contributed by atoms with Crippen LogP contribution in [0, 0.1) is 5.92 Å². The molecule has 0 heterocycles. The lowest BCUT2D eigenvalue weighted by Crippen LogP contribution is -2.18. The van der Waals surface area contributed by atoms with E-state index in [9.17, 15) is 4.79 Å². The van der Waals surface area contributed by atoms with E-state index in [1.807, 2.05) is 0 Å². The molecule has 0 aromatic carbocycles. The standard InChI is InChI=1S/C36H72O2/c1-4-7-10-13-15-17-19-20-21-22-24-26-28-30-33-35(36(37)38-34-31-12-9-6-3)32-29-27-25-23-18-16-14-11-8-5-2/h35H,4-34H2,1-3H3. The van der Waals surface area contributed by atoms with Gasteiger partial charge in [-0.25, -0.2) is 0 Å². The molecule has 1 atom stereocenters. The molecule has 1 unspecified atom stereocenters. The summed E-state index contributed by atoms with van der Waals surface area (Å²) in [5.74, 6) is 0.250. The second kappa shape index (κ2) is 32.7. The van der Waals surface area contributed by atoms with E-state index in [1.54, 1.807) is 0 Å². The van der Waals surface area contributed by atoms with E-state index in [0.29, 0.717) is 6.61 Å². The Bertz CT molecular complexity index is 447. The fourth-order valence-electron chi connectivity index (χ4n) is 5.66. The van der Waals surface area contributed by atoms with Gasteiger partial charge in [0.15, 0.2) is 0 Å². The number of hydrogen-bond acceptors (Lipinski definition) is 2. The molecule has 0 aliphatic heterocycles. The first-order chi connectivity index (χ1) is 18.8. The van der Waals surface area contributed by atoms with Gasteiger partial charge in [-0.3, -0.25) is 4.79 Å². The van der Waals surface area contributed by atoms with E-state index in [4.69, 9.17) is 4.74 Å². The summed E-state index contributed by atoms with van der Waals surface area (Å²) in [5, 5.41) is 0. The van der Waals surface area contributed by atoms with Gasteiger partial charge in [0.1, 0.15) is 0 Å². The maximum absolute atomic E-state index is 12.8. The van der Waals surface area contributed by atoms with Crippen LogP contribution in [0.2, 0.25) is 0 Å². The molecule has 0 saturated heterocycles. The number of esters is 1. The van der Waals surface area contributed by atoms with Crippen molar-refractivity contribution in [1.29, 1.82) is 0 Å². The zero-order chi connectivity index (χ0) is 27.8. The van der Waals surface area contributed by atoms with Crippen molar-refractivity contribution in [2.45, 2.75) is 213 Å². The lowest BCUT2D eigenvalue weighted by Gasteiger charge is -2.16. The van der Waals surface area contributed by atoms with E-state index < -0.39 is 0 Å². The van der Waals surface area contributed by atoms with Crippen molar-refractivity contribution in [3.63, 3.8) is 0 Å². The third kappa shape index (κ3) is 28.5. The lowest BCUT2D eigenvalue weighted by atomic mass is 9.94. The highest BCUT2D eigenvalue weighted by Gasteiger charge is 2.19. The summed E-state index contributed by atoms with van der Waals surface area (Å²) < 4.78 is 5.72. The molecule has 0 aromatic rings. The summed E-state index contributed by atoms with van der Waals surface area (Å²) >= 11 is 0. The van der Waals surface area contributed by atoms with Crippen molar-refractivity contribution in [3.05, 3.63) is 0 Å². The van der Waals surface area contributed by atoms with Crippen molar-refractivity contribution in [2.75, 3.05) is 6.61 Å². The Kier molecular flexibility index (Phi) is 32.2. The molecule has 0 spiro atoms. The Morgan fingerprint density at radius 3 is 0.974 bits per heavy atom. The van der Waals surface area contributed by atoms with Crippen LogP contribution in [0.25, 0.3) is 0 Å². The summed E-state index contributed by atoms with van der Waals surface area (Å²) in [6.07, 6.45) is 39.8. The van der Waals surface area contributed by atoms with E-state index in [0.717, 1.165) is 19.3 Å². The van der Waals surface area contributed by atoms with Gasteiger partial charge in [0.2, 0.25) is 0 Å². The summed E-state index contributed by atoms with van der Waals surface area (Å²) in [6.45, 7) is 7.44. The minimum absolute atomic E-state index is 0.104. The Hall–Kier alpha value is -0.530. The minimum atomic E-state index is 0.104. The van der Waals surface area contributed by atoms with Crippen molar-refractivity contribution >= 4 is 5.97 Å². The van der Waals surface area contributed by atoms with Gasteiger partial charge >= 0.3 is 5.97 Å². The second-order valence-corrected chi connectivity index (χ2v) is 12.3. The second-order valence-electron chi connectivity index (χ2n) is 12.3. The van der Waals surface area contributed by atoms with Gasteiger partial charge in [-0.1, -0.05) is 194 Å². The molecule has 0 aliphatic rings. The van der Waals surface area contributed by atoms with Crippen LogP contribution in [0.1, 0.15) is 213 Å². The molecule has 0 N–H and O–H groups in total. The van der Waals surface area contributed by atoms with Gasteiger partial charge in [0.05, 0.1) is 12.5 Å². The number of rotatable bonds is 32. The highest BCUT2D eigenvalue weighted by Crippen LogP contribution is 2.22. The zero-order valence-corrected chi connectivity index (χ0v) is 26.8.